The highest BCUT2D eigenvalue weighted by Gasteiger charge is 2.15. The van der Waals surface area contributed by atoms with Crippen molar-refractivity contribution in [2.45, 2.75) is 0 Å². The smallest absolute Gasteiger partial charge is 0.335 e. The van der Waals surface area contributed by atoms with Crippen LogP contribution in [0.3, 0.4) is 0 Å². The van der Waals surface area contributed by atoms with E-state index in [1.54, 1.807) is 30.3 Å². The first-order chi connectivity index (χ1) is 11.1. The molecule has 0 atom stereocenters. The molecule has 7 heteroatoms. The van der Waals surface area contributed by atoms with Crippen LogP contribution in [0, 0.1) is 0 Å². The number of aromatic carboxylic acids is 1. The summed E-state index contributed by atoms with van der Waals surface area (Å²) in [6, 6.07) is 11.0. The lowest BCUT2D eigenvalue weighted by Crippen LogP contribution is -2.17. The van der Waals surface area contributed by atoms with Crippen molar-refractivity contribution in [1.29, 1.82) is 0 Å². The van der Waals surface area contributed by atoms with Crippen LogP contribution in [0.2, 0.25) is 0 Å². The van der Waals surface area contributed by atoms with E-state index >= 15 is 0 Å². The highest BCUT2D eigenvalue weighted by molar-refractivity contribution is 5.95. The van der Waals surface area contributed by atoms with Crippen LogP contribution in [0.4, 0.5) is 0 Å². The molecule has 1 amide bonds. The molecule has 0 fully saturated rings. The van der Waals surface area contributed by atoms with Gasteiger partial charge in [0.1, 0.15) is 0 Å². The SMILES string of the molecule is O=C(O)c1ccc(C=NNC(=O)c2ccc3c(c2)OCO3)cc1. The predicted octanol–water partition coefficient (Wildman–Crippen LogP) is 1.88. The number of hydrazone groups is 1. The zero-order valence-corrected chi connectivity index (χ0v) is 11.9. The lowest BCUT2D eigenvalue weighted by Gasteiger charge is -2.01. The summed E-state index contributed by atoms with van der Waals surface area (Å²) in [5, 5.41) is 12.6. The van der Waals surface area contributed by atoms with Crippen molar-refractivity contribution >= 4 is 18.1 Å². The van der Waals surface area contributed by atoms with Gasteiger partial charge in [-0.25, -0.2) is 10.2 Å². The number of carboxylic acids is 1. The fourth-order valence-corrected chi connectivity index (χ4v) is 1.98. The second kappa shape index (κ2) is 6.18. The minimum atomic E-state index is -0.996. The van der Waals surface area contributed by atoms with E-state index in [9.17, 15) is 9.59 Å². The average Bonchev–Trinajstić information content (AvgIpc) is 3.02. The number of ether oxygens (including phenoxy) is 2. The van der Waals surface area contributed by atoms with Crippen LogP contribution in [0.1, 0.15) is 26.3 Å². The van der Waals surface area contributed by atoms with Gasteiger partial charge >= 0.3 is 5.97 Å². The van der Waals surface area contributed by atoms with Crippen LogP contribution in [-0.2, 0) is 0 Å². The number of hydrogen-bond donors (Lipinski definition) is 2. The Balaban J connectivity index is 1.63. The zero-order valence-electron chi connectivity index (χ0n) is 11.9. The average molecular weight is 312 g/mol. The number of hydrogen-bond acceptors (Lipinski definition) is 5. The minimum Gasteiger partial charge on any atom is -0.478 e. The third-order valence-corrected chi connectivity index (χ3v) is 3.17. The molecule has 0 bridgehead atoms. The molecular weight excluding hydrogens is 300 g/mol. The van der Waals surface area contributed by atoms with Crippen LogP contribution in [0.5, 0.6) is 11.5 Å². The van der Waals surface area contributed by atoms with E-state index in [2.05, 4.69) is 10.5 Å². The van der Waals surface area contributed by atoms with Crippen molar-refractivity contribution in [2.24, 2.45) is 5.10 Å². The molecule has 7 nitrogen and oxygen atoms in total. The molecule has 0 aliphatic carbocycles. The first-order valence-corrected chi connectivity index (χ1v) is 6.70. The monoisotopic (exact) mass is 312 g/mol. The predicted molar refractivity (Wildman–Crippen MR) is 81.0 cm³/mol. The molecule has 0 radical (unpaired) electrons. The Morgan fingerprint density at radius 2 is 1.74 bits per heavy atom. The van der Waals surface area contributed by atoms with E-state index in [0.717, 1.165) is 0 Å². The van der Waals surface area contributed by atoms with Crippen LogP contribution in [-0.4, -0.2) is 30.0 Å². The van der Waals surface area contributed by atoms with Crippen molar-refractivity contribution in [3.63, 3.8) is 0 Å². The van der Waals surface area contributed by atoms with Gasteiger partial charge in [0.05, 0.1) is 11.8 Å². The molecule has 0 saturated carbocycles. The highest BCUT2D eigenvalue weighted by atomic mass is 16.7. The largest absolute Gasteiger partial charge is 0.478 e. The first-order valence-electron chi connectivity index (χ1n) is 6.70. The summed E-state index contributed by atoms with van der Waals surface area (Å²) in [4.78, 5) is 22.7. The molecule has 116 valence electrons. The number of nitrogens with one attached hydrogen (secondary N) is 1. The fourth-order valence-electron chi connectivity index (χ4n) is 1.98. The second-order valence-corrected chi connectivity index (χ2v) is 4.69. The summed E-state index contributed by atoms with van der Waals surface area (Å²) in [5.41, 5.74) is 3.64. The molecule has 1 aliphatic heterocycles. The summed E-state index contributed by atoms with van der Waals surface area (Å²) in [5.74, 6) is -0.263. The van der Waals surface area contributed by atoms with Crippen LogP contribution in [0.25, 0.3) is 0 Å². The number of nitrogens with zero attached hydrogens (tertiary/aromatic N) is 1. The number of amides is 1. The number of carboxylic acid groups (broad SMARTS) is 1. The van der Waals surface area contributed by atoms with Crippen LogP contribution in [0.15, 0.2) is 47.6 Å². The zero-order chi connectivity index (χ0) is 16.2. The Morgan fingerprint density at radius 1 is 1.04 bits per heavy atom. The van der Waals surface area contributed by atoms with Gasteiger partial charge in [-0.1, -0.05) is 12.1 Å². The Kier molecular flexibility index (Phi) is 3.92. The molecule has 3 rings (SSSR count). The van der Waals surface area contributed by atoms with E-state index in [0.29, 0.717) is 22.6 Å². The van der Waals surface area contributed by atoms with E-state index in [1.165, 1.54) is 18.3 Å². The Bertz CT molecular complexity index is 784. The van der Waals surface area contributed by atoms with Crippen molar-refractivity contribution in [2.75, 3.05) is 6.79 Å². The van der Waals surface area contributed by atoms with Crippen LogP contribution >= 0.6 is 0 Å². The quantitative estimate of drug-likeness (QED) is 0.663. The van der Waals surface area contributed by atoms with Gasteiger partial charge in [-0.15, -0.1) is 0 Å². The molecule has 1 aliphatic rings. The fraction of sp³-hybridized carbons (Fsp3) is 0.0625. The van der Waals surface area contributed by atoms with Crippen molar-refractivity contribution in [3.05, 3.63) is 59.2 Å². The summed E-state index contributed by atoms with van der Waals surface area (Å²) in [6.45, 7) is 0.144. The maximum Gasteiger partial charge on any atom is 0.335 e. The van der Waals surface area contributed by atoms with Gasteiger partial charge in [0.2, 0.25) is 6.79 Å². The maximum atomic E-state index is 12.0. The minimum absolute atomic E-state index is 0.144. The van der Waals surface area contributed by atoms with Crippen molar-refractivity contribution in [3.8, 4) is 11.5 Å². The molecule has 0 spiro atoms. The third-order valence-electron chi connectivity index (χ3n) is 3.17. The Labute approximate surface area is 131 Å². The number of rotatable bonds is 4. The maximum absolute atomic E-state index is 12.0. The van der Waals surface area contributed by atoms with Gasteiger partial charge in [0.25, 0.3) is 5.91 Å². The number of carbonyl (C=O) groups excluding carboxylic acids is 1. The second-order valence-electron chi connectivity index (χ2n) is 4.69. The van der Waals surface area contributed by atoms with Gasteiger partial charge in [0, 0.05) is 5.56 Å². The van der Waals surface area contributed by atoms with Crippen molar-refractivity contribution in [1.82, 2.24) is 5.43 Å². The van der Waals surface area contributed by atoms with Crippen LogP contribution < -0.4 is 14.9 Å². The van der Waals surface area contributed by atoms with E-state index in [1.807, 2.05) is 0 Å². The Morgan fingerprint density at radius 3 is 2.48 bits per heavy atom. The topological polar surface area (TPSA) is 97.2 Å². The summed E-state index contributed by atoms with van der Waals surface area (Å²) < 4.78 is 10.4. The molecule has 2 aromatic rings. The van der Waals surface area contributed by atoms with Gasteiger partial charge in [0.15, 0.2) is 11.5 Å². The van der Waals surface area contributed by atoms with E-state index < -0.39 is 5.97 Å². The lowest BCUT2D eigenvalue weighted by molar-refractivity contribution is 0.0696. The number of fused-ring (bicyclic) bond motifs is 1. The number of carbonyl (C=O) groups is 2. The first kappa shape index (κ1) is 14.6. The third kappa shape index (κ3) is 3.29. The molecule has 2 aromatic carbocycles. The standard InChI is InChI=1S/C16H12N2O5/c19-15(12-5-6-13-14(7-12)23-9-22-13)18-17-8-10-1-3-11(4-2-10)16(20)21/h1-8H,9H2,(H,18,19)(H,20,21). The highest BCUT2D eigenvalue weighted by Crippen LogP contribution is 2.32. The Hall–Kier alpha value is -3.35. The molecule has 23 heavy (non-hydrogen) atoms. The number of benzene rings is 2. The van der Waals surface area contributed by atoms with Gasteiger partial charge < -0.3 is 14.6 Å². The molecule has 0 aromatic heterocycles. The van der Waals surface area contributed by atoms with Gasteiger partial charge in [-0.3, -0.25) is 4.79 Å². The van der Waals surface area contributed by atoms with E-state index in [-0.39, 0.29) is 18.3 Å². The molecule has 2 N–H and O–H groups in total. The molecule has 0 saturated heterocycles. The van der Waals surface area contributed by atoms with Gasteiger partial charge in [-0.2, -0.15) is 5.10 Å². The molecular formula is C16H12N2O5. The summed E-state index contributed by atoms with van der Waals surface area (Å²) in [7, 11) is 0. The molecule has 1 heterocycles. The summed E-state index contributed by atoms with van der Waals surface area (Å²) >= 11 is 0. The van der Waals surface area contributed by atoms with Crippen molar-refractivity contribution < 1.29 is 24.2 Å². The van der Waals surface area contributed by atoms with E-state index in [4.69, 9.17) is 14.6 Å². The normalized spacial score (nSPS) is 12.3. The van der Waals surface area contributed by atoms with Gasteiger partial charge in [-0.05, 0) is 35.9 Å². The molecule has 0 unspecified atom stereocenters. The lowest BCUT2D eigenvalue weighted by atomic mass is 10.1. The summed E-state index contributed by atoms with van der Waals surface area (Å²) in [6.07, 6.45) is 1.43.